The largest absolute Gasteiger partial charge is 0.495 e. The Hall–Kier alpha value is -0.590. The Balaban J connectivity index is 2.84. The second kappa shape index (κ2) is 8.76. The van der Waals surface area contributed by atoms with Gasteiger partial charge < -0.3 is 4.74 Å². The SMILES string of the molecule is CCCCC(CC)CNS(=O)(=O)c1cc(Br)ccc1OC. The highest BCUT2D eigenvalue weighted by atomic mass is 79.9. The van der Waals surface area contributed by atoms with Crippen LogP contribution in [0.3, 0.4) is 0 Å². The van der Waals surface area contributed by atoms with Gasteiger partial charge >= 0.3 is 0 Å². The fraction of sp³-hybridized carbons (Fsp3) is 0.600. The van der Waals surface area contributed by atoms with Gasteiger partial charge in [-0.15, -0.1) is 0 Å². The number of ether oxygens (including phenoxy) is 1. The first-order valence-electron chi connectivity index (χ1n) is 7.27. The van der Waals surface area contributed by atoms with E-state index in [-0.39, 0.29) is 4.90 Å². The Morgan fingerprint density at radius 3 is 2.62 bits per heavy atom. The molecule has 1 atom stereocenters. The zero-order valence-electron chi connectivity index (χ0n) is 12.9. The van der Waals surface area contributed by atoms with Crippen molar-refractivity contribution >= 4 is 26.0 Å². The van der Waals surface area contributed by atoms with Crippen molar-refractivity contribution in [1.82, 2.24) is 4.72 Å². The third kappa shape index (κ3) is 5.60. The van der Waals surface area contributed by atoms with Gasteiger partial charge in [-0.2, -0.15) is 0 Å². The second-order valence-electron chi connectivity index (χ2n) is 5.06. The summed E-state index contributed by atoms with van der Waals surface area (Å²) in [7, 11) is -2.09. The van der Waals surface area contributed by atoms with Gasteiger partial charge in [0, 0.05) is 11.0 Å². The summed E-state index contributed by atoms with van der Waals surface area (Å²) in [6.07, 6.45) is 4.27. The van der Waals surface area contributed by atoms with Crippen molar-refractivity contribution < 1.29 is 13.2 Å². The molecule has 0 radical (unpaired) electrons. The molecule has 0 aliphatic heterocycles. The molecule has 120 valence electrons. The van der Waals surface area contributed by atoms with Crippen LogP contribution in [0, 0.1) is 5.92 Å². The average molecular weight is 378 g/mol. The maximum absolute atomic E-state index is 12.4. The molecule has 1 N–H and O–H groups in total. The molecular weight excluding hydrogens is 354 g/mol. The van der Waals surface area contributed by atoms with Gasteiger partial charge in [0.25, 0.3) is 0 Å². The predicted molar refractivity (Wildman–Crippen MR) is 89.2 cm³/mol. The maximum atomic E-state index is 12.4. The highest BCUT2D eigenvalue weighted by Gasteiger charge is 2.21. The summed E-state index contributed by atoms with van der Waals surface area (Å²) < 4.78 is 33.5. The van der Waals surface area contributed by atoms with Crippen LogP contribution in [0.25, 0.3) is 0 Å². The lowest BCUT2D eigenvalue weighted by atomic mass is 10.00. The van der Waals surface area contributed by atoms with Crippen molar-refractivity contribution in [2.75, 3.05) is 13.7 Å². The Morgan fingerprint density at radius 2 is 2.05 bits per heavy atom. The van der Waals surface area contributed by atoms with Gasteiger partial charge in [0.15, 0.2) is 0 Å². The summed E-state index contributed by atoms with van der Waals surface area (Å²) in [4.78, 5) is 0.171. The molecule has 0 aliphatic carbocycles. The Labute approximate surface area is 136 Å². The Morgan fingerprint density at radius 1 is 1.33 bits per heavy atom. The van der Waals surface area contributed by atoms with Crippen molar-refractivity contribution in [2.45, 2.75) is 44.4 Å². The molecule has 4 nitrogen and oxygen atoms in total. The van der Waals surface area contributed by atoms with E-state index in [0.717, 1.165) is 25.7 Å². The fourth-order valence-electron chi connectivity index (χ4n) is 2.11. The van der Waals surface area contributed by atoms with Crippen LogP contribution < -0.4 is 9.46 Å². The van der Waals surface area contributed by atoms with Gasteiger partial charge in [0.2, 0.25) is 10.0 Å². The molecule has 0 amide bonds. The smallest absolute Gasteiger partial charge is 0.244 e. The summed E-state index contributed by atoms with van der Waals surface area (Å²) in [5, 5.41) is 0. The molecule has 0 saturated heterocycles. The minimum atomic E-state index is -3.56. The molecule has 1 aromatic rings. The second-order valence-corrected chi connectivity index (χ2v) is 7.71. The lowest BCUT2D eigenvalue weighted by molar-refractivity contribution is 0.401. The normalized spacial score (nSPS) is 13.1. The standard InChI is InChI=1S/C15H24BrNO3S/c1-4-6-7-12(5-2)11-17-21(18,19)15-10-13(16)8-9-14(15)20-3/h8-10,12,17H,4-7,11H2,1-3H3. The number of methoxy groups -OCH3 is 1. The zero-order chi connectivity index (χ0) is 15.9. The molecule has 0 fully saturated rings. The first kappa shape index (κ1) is 18.5. The molecule has 1 unspecified atom stereocenters. The molecule has 0 aromatic heterocycles. The lowest BCUT2D eigenvalue weighted by Crippen LogP contribution is -2.29. The number of halogens is 1. The molecular formula is C15H24BrNO3S. The predicted octanol–water partition coefficient (Wildman–Crippen LogP) is 3.95. The van der Waals surface area contributed by atoms with E-state index in [1.807, 2.05) is 0 Å². The van der Waals surface area contributed by atoms with Crippen LogP contribution in [-0.2, 0) is 10.0 Å². The highest BCUT2D eigenvalue weighted by molar-refractivity contribution is 9.10. The minimum Gasteiger partial charge on any atom is -0.495 e. The minimum absolute atomic E-state index is 0.171. The third-order valence-electron chi connectivity index (χ3n) is 3.52. The van der Waals surface area contributed by atoms with E-state index in [4.69, 9.17) is 4.74 Å². The number of rotatable bonds is 9. The van der Waals surface area contributed by atoms with E-state index in [2.05, 4.69) is 34.5 Å². The summed E-state index contributed by atoms with van der Waals surface area (Å²) in [6, 6.07) is 4.97. The number of sulfonamides is 1. The van der Waals surface area contributed by atoms with Gasteiger partial charge in [0.1, 0.15) is 10.6 Å². The fourth-order valence-corrected chi connectivity index (χ4v) is 3.93. The van der Waals surface area contributed by atoms with E-state index in [9.17, 15) is 8.42 Å². The number of nitrogens with one attached hydrogen (secondary N) is 1. The number of benzene rings is 1. The van der Waals surface area contributed by atoms with Gasteiger partial charge in [0.05, 0.1) is 7.11 Å². The van der Waals surface area contributed by atoms with Crippen molar-refractivity contribution in [3.05, 3.63) is 22.7 Å². The summed E-state index contributed by atoms with van der Waals surface area (Å²) >= 11 is 3.30. The molecule has 0 spiro atoms. The molecule has 6 heteroatoms. The quantitative estimate of drug-likeness (QED) is 0.708. The molecule has 1 aromatic carbocycles. The Bertz CT molecular complexity index is 546. The zero-order valence-corrected chi connectivity index (χ0v) is 15.3. The molecule has 1 rings (SSSR count). The van der Waals surface area contributed by atoms with E-state index in [0.29, 0.717) is 22.7 Å². The van der Waals surface area contributed by atoms with Crippen molar-refractivity contribution in [3.8, 4) is 5.75 Å². The van der Waals surface area contributed by atoms with E-state index >= 15 is 0 Å². The number of unbranched alkanes of at least 4 members (excludes halogenated alkanes) is 1. The van der Waals surface area contributed by atoms with Crippen molar-refractivity contribution in [1.29, 1.82) is 0 Å². The molecule has 21 heavy (non-hydrogen) atoms. The van der Waals surface area contributed by atoms with Crippen molar-refractivity contribution in [2.24, 2.45) is 5.92 Å². The van der Waals surface area contributed by atoms with Gasteiger partial charge in [-0.05, 0) is 30.5 Å². The number of hydrogen-bond acceptors (Lipinski definition) is 3. The lowest BCUT2D eigenvalue weighted by Gasteiger charge is -2.16. The van der Waals surface area contributed by atoms with Gasteiger partial charge in [-0.1, -0.05) is 49.0 Å². The van der Waals surface area contributed by atoms with Crippen molar-refractivity contribution in [3.63, 3.8) is 0 Å². The summed E-state index contributed by atoms with van der Waals surface area (Å²) in [5.74, 6) is 0.727. The first-order chi connectivity index (χ1) is 9.94. The van der Waals surface area contributed by atoms with Crippen LogP contribution in [0.4, 0.5) is 0 Å². The molecule has 0 bridgehead atoms. The van der Waals surface area contributed by atoms with Crippen LogP contribution in [0.5, 0.6) is 5.75 Å². The topological polar surface area (TPSA) is 55.4 Å². The number of hydrogen-bond donors (Lipinski definition) is 1. The van der Waals surface area contributed by atoms with Gasteiger partial charge in [-0.3, -0.25) is 0 Å². The van der Waals surface area contributed by atoms with Crippen LogP contribution >= 0.6 is 15.9 Å². The van der Waals surface area contributed by atoms with Gasteiger partial charge in [-0.25, -0.2) is 13.1 Å². The van der Waals surface area contributed by atoms with Crippen LogP contribution in [0.15, 0.2) is 27.6 Å². The first-order valence-corrected chi connectivity index (χ1v) is 9.55. The van der Waals surface area contributed by atoms with Crippen LogP contribution in [-0.4, -0.2) is 22.1 Å². The summed E-state index contributed by atoms with van der Waals surface area (Å²) in [5.41, 5.74) is 0. The Kier molecular flexibility index (Phi) is 7.70. The van der Waals surface area contributed by atoms with E-state index in [1.54, 1.807) is 18.2 Å². The third-order valence-corrected chi connectivity index (χ3v) is 5.46. The maximum Gasteiger partial charge on any atom is 0.244 e. The van der Waals surface area contributed by atoms with Crippen LogP contribution in [0.1, 0.15) is 39.5 Å². The highest BCUT2D eigenvalue weighted by Crippen LogP contribution is 2.27. The average Bonchev–Trinajstić information content (AvgIpc) is 2.47. The summed E-state index contributed by atoms with van der Waals surface area (Å²) in [6.45, 7) is 4.70. The van der Waals surface area contributed by atoms with Crippen LogP contribution in [0.2, 0.25) is 0 Å². The molecule has 0 heterocycles. The van der Waals surface area contributed by atoms with E-state index < -0.39 is 10.0 Å². The molecule has 0 saturated carbocycles. The monoisotopic (exact) mass is 377 g/mol. The van der Waals surface area contributed by atoms with E-state index in [1.165, 1.54) is 7.11 Å². The molecule has 0 aliphatic rings.